The predicted octanol–water partition coefficient (Wildman–Crippen LogP) is 3.30. The second-order valence-electron chi connectivity index (χ2n) is 5.38. The Bertz CT molecular complexity index is 570. The van der Waals surface area contributed by atoms with Gasteiger partial charge >= 0.3 is 0 Å². The van der Waals surface area contributed by atoms with Crippen LogP contribution in [0.3, 0.4) is 0 Å². The maximum atomic E-state index is 6.32. The third-order valence-electron chi connectivity index (χ3n) is 4.05. The van der Waals surface area contributed by atoms with Gasteiger partial charge in [-0.2, -0.15) is 0 Å². The zero-order valence-corrected chi connectivity index (χ0v) is 11.8. The van der Waals surface area contributed by atoms with Crippen LogP contribution in [-0.2, 0) is 5.54 Å². The van der Waals surface area contributed by atoms with Gasteiger partial charge in [0, 0.05) is 16.1 Å². The lowest BCUT2D eigenvalue weighted by molar-refractivity contribution is 0.233. The van der Waals surface area contributed by atoms with Gasteiger partial charge in [-0.3, -0.25) is 0 Å². The molecule has 100 valence electrons. The molecule has 1 saturated heterocycles. The summed E-state index contributed by atoms with van der Waals surface area (Å²) in [7, 11) is 0. The van der Waals surface area contributed by atoms with E-state index in [-0.39, 0.29) is 5.54 Å². The van der Waals surface area contributed by atoms with Crippen molar-refractivity contribution in [3.05, 3.63) is 41.8 Å². The Morgan fingerprint density at radius 1 is 1.26 bits per heavy atom. The highest BCUT2D eigenvalue weighted by molar-refractivity contribution is 6.33. The lowest BCUT2D eigenvalue weighted by Gasteiger charge is -2.36. The first-order valence-electron chi connectivity index (χ1n) is 6.69. The van der Waals surface area contributed by atoms with Crippen molar-refractivity contribution in [1.82, 2.24) is 14.9 Å². The molecular weight excluding hydrogens is 258 g/mol. The molecule has 0 radical (unpaired) electrons. The van der Waals surface area contributed by atoms with Gasteiger partial charge in [0.15, 0.2) is 0 Å². The fourth-order valence-electron chi connectivity index (χ4n) is 2.80. The summed E-state index contributed by atoms with van der Waals surface area (Å²) in [6, 6.07) is 7.96. The summed E-state index contributed by atoms with van der Waals surface area (Å²) in [5.74, 6) is 0. The van der Waals surface area contributed by atoms with Gasteiger partial charge in [-0.05, 0) is 38.9 Å². The van der Waals surface area contributed by atoms with Crippen molar-refractivity contribution in [3.63, 3.8) is 0 Å². The van der Waals surface area contributed by atoms with Gasteiger partial charge in [0.1, 0.15) is 0 Å². The topological polar surface area (TPSA) is 29.9 Å². The Balaban J connectivity index is 2.06. The molecule has 0 spiro atoms. The molecule has 1 fully saturated rings. The number of hydrogen-bond donors (Lipinski definition) is 1. The van der Waals surface area contributed by atoms with Crippen molar-refractivity contribution in [2.75, 3.05) is 13.1 Å². The Morgan fingerprint density at radius 2 is 2.00 bits per heavy atom. The van der Waals surface area contributed by atoms with Gasteiger partial charge < -0.3 is 9.88 Å². The Kier molecular flexibility index (Phi) is 3.33. The average molecular weight is 276 g/mol. The van der Waals surface area contributed by atoms with Crippen molar-refractivity contribution in [3.8, 4) is 11.3 Å². The quantitative estimate of drug-likeness (QED) is 0.911. The third-order valence-corrected chi connectivity index (χ3v) is 4.38. The Morgan fingerprint density at radius 3 is 2.74 bits per heavy atom. The summed E-state index contributed by atoms with van der Waals surface area (Å²) in [5, 5.41) is 4.19. The molecule has 3 rings (SSSR count). The minimum Gasteiger partial charge on any atom is -0.325 e. The van der Waals surface area contributed by atoms with Crippen LogP contribution in [0.15, 0.2) is 36.8 Å². The summed E-state index contributed by atoms with van der Waals surface area (Å²) in [6.07, 6.45) is 6.07. The first-order valence-corrected chi connectivity index (χ1v) is 7.07. The van der Waals surface area contributed by atoms with Crippen LogP contribution in [0.5, 0.6) is 0 Å². The molecule has 19 heavy (non-hydrogen) atoms. The van der Waals surface area contributed by atoms with E-state index in [2.05, 4.69) is 27.9 Å². The monoisotopic (exact) mass is 275 g/mol. The highest BCUT2D eigenvalue weighted by Gasteiger charge is 2.30. The lowest BCUT2D eigenvalue weighted by atomic mass is 9.89. The molecule has 0 unspecified atom stereocenters. The Labute approximate surface area is 118 Å². The molecule has 3 nitrogen and oxygen atoms in total. The standard InChI is InChI=1S/C15H18ClN3/c1-15(6-8-17-9-7-15)19-11-18-10-14(19)12-4-2-3-5-13(12)16/h2-5,10-11,17H,6-9H2,1H3. The molecule has 2 heterocycles. The largest absolute Gasteiger partial charge is 0.325 e. The number of imidazole rings is 1. The highest BCUT2D eigenvalue weighted by Crippen LogP contribution is 2.34. The fraction of sp³-hybridized carbons (Fsp3) is 0.400. The molecule has 0 aliphatic carbocycles. The third kappa shape index (κ3) is 2.28. The first kappa shape index (κ1) is 12.7. The van der Waals surface area contributed by atoms with E-state index in [1.807, 2.05) is 30.7 Å². The molecule has 4 heteroatoms. The maximum absolute atomic E-state index is 6.32. The summed E-state index contributed by atoms with van der Waals surface area (Å²) in [5.41, 5.74) is 2.28. The number of nitrogens with one attached hydrogen (secondary N) is 1. The van der Waals surface area contributed by atoms with E-state index < -0.39 is 0 Å². The lowest BCUT2D eigenvalue weighted by Crippen LogP contribution is -2.41. The van der Waals surface area contributed by atoms with E-state index in [1.165, 1.54) is 0 Å². The molecule has 1 aliphatic rings. The smallest absolute Gasteiger partial charge is 0.0956 e. The molecule has 2 aromatic rings. The second kappa shape index (κ2) is 4.99. The molecule has 0 amide bonds. The van der Waals surface area contributed by atoms with Crippen molar-refractivity contribution in [1.29, 1.82) is 0 Å². The van der Waals surface area contributed by atoms with Crippen LogP contribution in [0.2, 0.25) is 5.02 Å². The SMILES string of the molecule is CC1(n2cncc2-c2ccccc2Cl)CCNCC1. The zero-order valence-electron chi connectivity index (χ0n) is 11.1. The zero-order chi connectivity index (χ0) is 13.3. The van der Waals surface area contributed by atoms with Crippen LogP contribution < -0.4 is 5.32 Å². The van der Waals surface area contributed by atoms with Crippen molar-refractivity contribution in [2.24, 2.45) is 0 Å². The van der Waals surface area contributed by atoms with Gasteiger partial charge in [-0.25, -0.2) is 4.98 Å². The van der Waals surface area contributed by atoms with E-state index in [0.29, 0.717) is 0 Å². The van der Waals surface area contributed by atoms with Crippen LogP contribution in [0.25, 0.3) is 11.3 Å². The second-order valence-corrected chi connectivity index (χ2v) is 5.78. The van der Waals surface area contributed by atoms with Crippen LogP contribution in [-0.4, -0.2) is 22.6 Å². The first-order chi connectivity index (χ1) is 9.21. The van der Waals surface area contributed by atoms with E-state index >= 15 is 0 Å². The molecule has 0 bridgehead atoms. The van der Waals surface area contributed by atoms with Crippen molar-refractivity contribution in [2.45, 2.75) is 25.3 Å². The van der Waals surface area contributed by atoms with Crippen LogP contribution >= 0.6 is 11.6 Å². The number of piperidine rings is 1. The van der Waals surface area contributed by atoms with Crippen molar-refractivity contribution < 1.29 is 0 Å². The predicted molar refractivity (Wildman–Crippen MR) is 78.4 cm³/mol. The summed E-state index contributed by atoms with van der Waals surface area (Å²) < 4.78 is 2.29. The Hall–Kier alpha value is -1.32. The summed E-state index contributed by atoms with van der Waals surface area (Å²) >= 11 is 6.32. The van der Waals surface area contributed by atoms with E-state index in [4.69, 9.17) is 11.6 Å². The molecule has 1 aliphatic heterocycles. The number of halogens is 1. The van der Waals surface area contributed by atoms with E-state index in [1.54, 1.807) is 0 Å². The fourth-order valence-corrected chi connectivity index (χ4v) is 3.03. The number of rotatable bonds is 2. The molecule has 1 aromatic carbocycles. The minimum absolute atomic E-state index is 0.121. The molecular formula is C15H18ClN3. The number of nitrogens with zero attached hydrogens (tertiary/aromatic N) is 2. The number of aromatic nitrogens is 2. The number of hydrogen-bond acceptors (Lipinski definition) is 2. The summed E-state index contributed by atoms with van der Waals surface area (Å²) in [4.78, 5) is 4.34. The van der Waals surface area contributed by atoms with E-state index in [9.17, 15) is 0 Å². The number of benzene rings is 1. The van der Waals surface area contributed by atoms with Crippen molar-refractivity contribution >= 4 is 11.6 Å². The normalized spacial score (nSPS) is 18.4. The average Bonchev–Trinajstić information content (AvgIpc) is 2.90. The molecule has 0 saturated carbocycles. The molecule has 1 aromatic heterocycles. The summed E-state index contributed by atoms with van der Waals surface area (Å²) in [6.45, 7) is 4.41. The van der Waals surface area contributed by atoms with Crippen LogP contribution in [0.1, 0.15) is 19.8 Å². The maximum Gasteiger partial charge on any atom is 0.0956 e. The van der Waals surface area contributed by atoms with Gasteiger partial charge in [-0.15, -0.1) is 0 Å². The van der Waals surface area contributed by atoms with Gasteiger partial charge in [0.2, 0.25) is 0 Å². The van der Waals surface area contributed by atoms with Crippen LogP contribution in [0, 0.1) is 0 Å². The highest BCUT2D eigenvalue weighted by atomic mass is 35.5. The van der Waals surface area contributed by atoms with Gasteiger partial charge in [-0.1, -0.05) is 29.8 Å². The van der Waals surface area contributed by atoms with Crippen LogP contribution in [0.4, 0.5) is 0 Å². The van der Waals surface area contributed by atoms with Gasteiger partial charge in [0.05, 0.1) is 18.2 Å². The molecule has 0 atom stereocenters. The van der Waals surface area contributed by atoms with E-state index in [0.717, 1.165) is 42.2 Å². The minimum atomic E-state index is 0.121. The molecule has 1 N–H and O–H groups in total. The van der Waals surface area contributed by atoms with Gasteiger partial charge in [0.25, 0.3) is 0 Å².